The Kier molecular flexibility index (Phi) is 3.53. The van der Waals surface area contributed by atoms with Crippen molar-refractivity contribution < 1.29 is 17.9 Å². The number of morpholine rings is 1. The summed E-state index contributed by atoms with van der Waals surface area (Å²) in [5.41, 5.74) is 3.89. The molecule has 0 radical (unpaired) electrons. The van der Waals surface area contributed by atoms with Gasteiger partial charge in [-0.3, -0.25) is 0 Å². The van der Waals surface area contributed by atoms with Crippen LogP contribution < -0.4 is 10.6 Å². The molecule has 2 rings (SSSR count). The van der Waals surface area contributed by atoms with Crippen LogP contribution >= 0.6 is 0 Å². The van der Waals surface area contributed by atoms with E-state index in [1.54, 1.807) is 4.90 Å². The van der Waals surface area contributed by atoms with Crippen LogP contribution in [0.2, 0.25) is 0 Å². The Morgan fingerprint density at radius 2 is 2.05 bits per heavy atom. The summed E-state index contributed by atoms with van der Waals surface area (Å²) in [7, 11) is 0. The van der Waals surface area contributed by atoms with Gasteiger partial charge in [0.1, 0.15) is 5.82 Å². The molecule has 8 heteroatoms. The van der Waals surface area contributed by atoms with Crippen molar-refractivity contribution in [3.8, 4) is 0 Å². The third-order valence-electron chi connectivity index (χ3n) is 2.91. The molecule has 0 aromatic carbocycles. The number of anilines is 2. The van der Waals surface area contributed by atoms with Gasteiger partial charge in [0, 0.05) is 19.2 Å². The van der Waals surface area contributed by atoms with E-state index in [-0.39, 0.29) is 17.9 Å². The van der Waals surface area contributed by atoms with E-state index in [4.69, 9.17) is 10.5 Å². The topological polar surface area (TPSA) is 64.3 Å². The highest BCUT2D eigenvalue weighted by Crippen LogP contribution is 2.31. The van der Waals surface area contributed by atoms with E-state index in [0.717, 1.165) is 6.07 Å². The van der Waals surface area contributed by atoms with E-state index in [9.17, 15) is 13.2 Å². The molecule has 0 bridgehead atoms. The summed E-state index contributed by atoms with van der Waals surface area (Å²) in [6.45, 7) is 6.52. The maximum absolute atomic E-state index is 12.8. The first-order valence-corrected chi connectivity index (χ1v) is 6.21. The van der Waals surface area contributed by atoms with Gasteiger partial charge in [-0.25, -0.2) is 4.98 Å². The first-order valence-electron chi connectivity index (χ1n) is 6.21. The molecular weight excluding hydrogens is 273 g/mol. The Labute approximate surface area is 114 Å². The quantitative estimate of drug-likeness (QED) is 0.858. The van der Waals surface area contributed by atoms with Crippen LogP contribution in [0.3, 0.4) is 0 Å². The number of nitrogens with zero attached hydrogens (tertiary/aromatic N) is 3. The molecule has 20 heavy (non-hydrogen) atoms. The highest BCUT2D eigenvalue weighted by Gasteiger charge is 2.36. The second-order valence-corrected chi connectivity index (χ2v) is 5.54. The van der Waals surface area contributed by atoms with Crippen LogP contribution in [0.5, 0.6) is 0 Å². The van der Waals surface area contributed by atoms with Crippen LogP contribution in [0.1, 0.15) is 26.5 Å². The van der Waals surface area contributed by atoms with Crippen molar-refractivity contribution in [2.24, 2.45) is 0 Å². The van der Waals surface area contributed by atoms with Crippen LogP contribution in [0.25, 0.3) is 0 Å². The minimum Gasteiger partial charge on any atom is -0.369 e. The lowest BCUT2D eigenvalue weighted by Crippen LogP contribution is -2.52. The third kappa shape index (κ3) is 3.30. The maximum Gasteiger partial charge on any atom is 0.433 e. The second-order valence-electron chi connectivity index (χ2n) is 5.54. The number of rotatable bonds is 1. The molecule has 2 N–H and O–H groups in total. The average Bonchev–Trinajstić information content (AvgIpc) is 2.24. The predicted molar refractivity (Wildman–Crippen MR) is 68.3 cm³/mol. The molecule has 1 aliphatic rings. The van der Waals surface area contributed by atoms with Gasteiger partial charge >= 0.3 is 6.18 Å². The van der Waals surface area contributed by atoms with Crippen molar-refractivity contribution in [2.45, 2.75) is 38.7 Å². The number of ether oxygens (including phenoxy) is 1. The first-order chi connectivity index (χ1) is 9.07. The summed E-state index contributed by atoms with van der Waals surface area (Å²) >= 11 is 0. The van der Waals surface area contributed by atoms with Gasteiger partial charge < -0.3 is 15.4 Å². The van der Waals surface area contributed by atoms with Crippen LogP contribution in [-0.2, 0) is 10.9 Å². The fraction of sp³-hybridized carbons (Fsp3) is 0.667. The zero-order valence-corrected chi connectivity index (χ0v) is 11.5. The molecule has 1 saturated heterocycles. The molecular formula is C12H17F3N4O. The van der Waals surface area contributed by atoms with Crippen LogP contribution in [0.15, 0.2) is 6.07 Å². The maximum atomic E-state index is 12.8. The van der Waals surface area contributed by atoms with Gasteiger partial charge in [-0.2, -0.15) is 18.2 Å². The van der Waals surface area contributed by atoms with Gasteiger partial charge in [0.05, 0.1) is 11.7 Å². The van der Waals surface area contributed by atoms with Crippen LogP contribution in [0.4, 0.5) is 24.9 Å². The van der Waals surface area contributed by atoms with Crippen LogP contribution in [-0.4, -0.2) is 34.8 Å². The van der Waals surface area contributed by atoms with Gasteiger partial charge in [0.15, 0.2) is 5.69 Å². The van der Waals surface area contributed by atoms with Crippen molar-refractivity contribution in [3.63, 3.8) is 0 Å². The fourth-order valence-corrected chi connectivity index (χ4v) is 2.39. The number of nitrogens with two attached hydrogens (primary N) is 1. The van der Waals surface area contributed by atoms with E-state index < -0.39 is 17.5 Å². The summed E-state index contributed by atoms with van der Waals surface area (Å²) in [5, 5.41) is 0. The first kappa shape index (κ1) is 14.8. The summed E-state index contributed by atoms with van der Waals surface area (Å²) in [4.78, 5) is 8.88. The number of hydrogen-bond donors (Lipinski definition) is 1. The molecule has 0 aliphatic carbocycles. The van der Waals surface area contributed by atoms with Gasteiger partial charge in [0.2, 0.25) is 5.95 Å². The molecule has 1 unspecified atom stereocenters. The SMILES string of the molecule is CC1CN(c2cc(C(F)(F)F)nc(N)n2)CC(C)(C)O1. The van der Waals surface area contributed by atoms with E-state index >= 15 is 0 Å². The van der Waals surface area contributed by atoms with Gasteiger partial charge in [-0.1, -0.05) is 0 Å². The molecule has 2 heterocycles. The molecule has 1 aromatic heterocycles. The summed E-state index contributed by atoms with van der Waals surface area (Å²) in [6.07, 6.45) is -4.65. The average molecular weight is 290 g/mol. The molecule has 0 spiro atoms. The molecule has 1 aliphatic heterocycles. The Bertz CT molecular complexity index is 504. The molecule has 1 aromatic rings. The molecule has 0 amide bonds. The molecule has 1 fully saturated rings. The summed E-state index contributed by atoms with van der Waals surface area (Å²) in [6, 6.07) is 0.921. The molecule has 0 saturated carbocycles. The lowest BCUT2D eigenvalue weighted by atomic mass is 10.1. The number of alkyl halides is 3. The number of halogens is 3. The zero-order valence-electron chi connectivity index (χ0n) is 11.5. The molecule has 1 atom stereocenters. The Morgan fingerprint density at radius 3 is 2.60 bits per heavy atom. The van der Waals surface area contributed by atoms with E-state index in [1.165, 1.54) is 0 Å². The minimum absolute atomic E-state index is 0.107. The molecule has 112 valence electrons. The van der Waals surface area contributed by atoms with Crippen molar-refractivity contribution in [1.82, 2.24) is 9.97 Å². The van der Waals surface area contributed by atoms with E-state index in [1.807, 2.05) is 20.8 Å². The lowest BCUT2D eigenvalue weighted by Gasteiger charge is -2.42. The van der Waals surface area contributed by atoms with Crippen molar-refractivity contribution >= 4 is 11.8 Å². The van der Waals surface area contributed by atoms with E-state index in [0.29, 0.717) is 13.1 Å². The Hall–Kier alpha value is -1.57. The fourth-order valence-electron chi connectivity index (χ4n) is 2.39. The van der Waals surface area contributed by atoms with Crippen molar-refractivity contribution in [3.05, 3.63) is 11.8 Å². The highest BCUT2D eigenvalue weighted by molar-refractivity contribution is 5.45. The Balaban J connectivity index is 2.35. The van der Waals surface area contributed by atoms with Crippen molar-refractivity contribution in [1.29, 1.82) is 0 Å². The summed E-state index contributed by atoms with van der Waals surface area (Å²) < 4.78 is 44.0. The van der Waals surface area contributed by atoms with Gasteiger partial charge in [-0.05, 0) is 20.8 Å². The van der Waals surface area contributed by atoms with Crippen molar-refractivity contribution in [2.75, 3.05) is 23.7 Å². The highest BCUT2D eigenvalue weighted by atomic mass is 19.4. The standard InChI is InChI=1S/C12H17F3N4O/c1-7-5-19(6-11(2,3)20-7)9-4-8(12(13,14)15)17-10(16)18-9/h4,7H,5-6H2,1-3H3,(H2,16,17,18). The van der Waals surface area contributed by atoms with Crippen LogP contribution in [0, 0.1) is 0 Å². The predicted octanol–water partition coefficient (Wildman–Crippen LogP) is 2.08. The van der Waals surface area contributed by atoms with Gasteiger partial charge in [-0.15, -0.1) is 0 Å². The number of hydrogen-bond acceptors (Lipinski definition) is 5. The number of nitrogen functional groups attached to an aromatic ring is 1. The second kappa shape index (κ2) is 4.76. The minimum atomic E-state index is -4.54. The zero-order chi connectivity index (χ0) is 15.1. The number of aromatic nitrogens is 2. The lowest BCUT2D eigenvalue weighted by molar-refractivity contribution is -0.141. The largest absolute Gasteiger partial charge is 0.433 e. The van der Waals surface area contributed by atoms with Gasteiger partial charge in [0.25, 0.3) is 0 Å². The van der Waals surface area contributed by atoms with E-state index in [2.05, 4.69) is 9.97 Å². The smallest absolute Gasteiger partial charge is 0.369 e. The third-order valence-corrected chi connectivity index (χ3v) is 2.91. The normalized spacial score (nSPS) is 22.9. The molecule has 5 nitrogen and oxygen atoms in total. The monoisotopic (exact) mass is 290 g/mol. The summed E-state index contributed by atoms with van der Waals surface area (Å²) in [5.74, 6) is -0.208. The Morgan fingerprint density at radius 1 is 1.40 bits per heavy atom.